The molecule has 0 saturated heterocycles. The van der Waals surface area contributed by atoms with Crippen LogP contribution in [-0.2, 0) is 9.53 Å². The fourth-order valence-corrected chi connectivity index (χ4v) is 2.20. The second kappa shape index (κ2) is 8.40. The van der Waals surface area contributed by atoms with Gasteiger partial charge in [-0.1, -0.05) is 23.2 Å². The van der Waals surface area contributed by atoms with Crippen molar-refractivity contribution >= 4 is 40.8 Å². The minimum Gasteiger partial charge on any atom is -0.464 e. The third-order valence-electron chi connectivity index (χ3n) is 1.98. The molecule has 3 nitrogen and oxygen atoms in total. The van der Waals surface area contributed by atoms with Gasteiger partial charge in [-0.25, -0.2) is 4.79 Å². The van der Waals surface area contributed by atoms with Crippen LogP contribution in [0.25, 0.3) is 0 Å². The minimum absolute atomic E-state index is 0.133. The van der Waals surface area contributed by atoms with E-state index in [0.717, 1.165) is 6.42 Å². The summed E-state index contributed by atoms with van der Waals surface area (Å²) in [5, 5.41) is 8.30. The molecule has 0 aromatic heterocycles. The monoisotopic (exact) mass is 290 g/mol. The van der Waals surface area contributed by atoms with Gasteiger partial charge in [0.15, 0.2) is 0 Å². The number of carbonyl (C=O) groups is 1. The number of aliphatic hydroxyl groups is 1. The highest BCUT2D eigenvalue weighted by atomic mass is 35.5. The average molecular weight is 292 g/mol. The number of carbonyl (C=O) groups excluding carboxylic acids is 1. The Kier molecular flexibility index (Phi) is 8.56. The lowest BCUT2D eigenvalue weighted by molar-refractivity contribution is -0.144. The summed E-state index contributed by atoms with van der Waals surface area (Å²) >= 11 is 17.6. The third kappa shape index (κ3) is 6.79. The molecule has 0 aromatic rings. The molecule has 0 aromatic carbocycles. The molecule has 0 rings (SSSR count). The van der Waals surface area contributed by atoms with Crippen LogP contribution < -0.4 is 0 Å². The van der Waals surface area contributed by atoms with Gasteiger partial charge in [-0.15, -0.1) is 11.6 Å². The van der Waals surface area contributed by atoms with Crippen molar-refractivity contribution in [2.45, 2.75) is 42.3 Å². The van der Waals surface area contributed by atoms with E-state index < -0.39 is 10.3 Å². The zero-order valence-corrected chi connectivity index (χ0v) is 11.5. The summed E-state index contributed by atoms with van der Waals surface area (Å²) in [5.41, 5.74) is 0. The Labute approximate surface area is 111 Å². The number of halogens is 3. The van der Waals surface area contributed by atoms with E-state index in [4.69, 9.17) is 44.6 Å². The Morgan fingerprint density at radius 1 is 1.44 bits per heavy atom. The molecule has 0 fully saturated rings. The minimum atomic E-state index is -1.58. The number of alkyl halides is 3. The summed E-state index contributed by atoms with van der Waals surface area (Å²) in [5.74, 6) is -0.661. The molecular formula is C10H17Cl3O3. The first kappa shape index (κ1) is 16.3. The van der Waals surface area contributed by atoms with Crippen LogP contribution in [0.2, 0.25) is 0 Å². The second-order valence-corrected chi connectivity index (χ2v) is 5.55. The van der Waals surface area contributed by atoms with E-state index in [-0.39, 0.29) is 25.0 Å². The third-order valence-corrected chi connectivity index (χ3v) is 2.97. The Balaban J connectivity index is 3.98. The van der Waals surface area contributed by atoms with Gasteiger partial charge in [-0.3, -0.25) is 0 Å². The highest BCUT2D eigenvalue weighted by molar-refractivity contribution is 6.57. The quantitative estimate of drug-likeness (QED) is 0.425. The maximum absolute atomic E-state index is 11.3. The van der Waals surface area contributed by atoms with Gasteiger partial charge in [0.25, 0.3) is 0 Å². The predicted molar refractivity (Wildman–Crippen MR) is 66.3 cm³/mol. The van der Waals surface area contributed by atoms with Crippen LogP contribution in [0, 0.1) is 0 Å². The van der Waals surface area contributed by atoms with Crippen molar-refractivity contribution in [3.63, 3.8) is 0 Å². The molecular weight excluding hydrogens is 274 g/mol. The van der Waals surface area contributed by atoms with Crippen molar-refractivity contribution in [2.24, 2.45) is 0 Å². The van der Waals surface area contributed by atoms with Gasteiger partial charge >= 0.3 is 5.97 Å². The van der Waals surface area contributed by atoms with E-state index in [2.05, 4.69) is 0 Å². The van der Waals surface area contributed by atoms with Crippen LogP contribution in [0.1, 0.15) is 32.6 Å². The summed E-state index contributed by atoms with van der Waals surface area (Å²) in [4.78, 5) is 11.3. The molecule has 16 heavy (non-hydrogen) atoms. The molecule has 0 spiro atoms. The highest BCUT2D eigenvalue weighted by Gasteiger charge is 2.37. The zero-order valence-electron chi connectivity index (χ0n) is 9.22. The Morgan fingerprint density at radius 3 is 2.56 bits per heavy atom. The van der Waals surface area contributed by atoms with Crippen molar-refractivity contribution < 1.29 is 14.6 Å². The normalized spacial score (nSPS) is 13.6. The predicted octanol–water partition coefficient (Wildman–Crippen LogP) is 2.88. The Morgan fingerprint density at radius 2 is 2.06 bits per heavy atom. The van der Waals surface area contributed by atoms with E-state index in [0.29, 0.717) is 12.8 Å². The lowest BCUT2D eigenvalue weighted by Gasteiger charge is -2.20. The molecule has 1 N–H and O–H groups in total. The van der Waals surface area contributed by atoms with Gasteiger partial charge in [0, 0.05) is 18.4 Å². The van der Waals surface area contributed by atoms with Crippen LogP contribution in [-0.4, -0.2) is 34.0 Å². The number of hydrogen-bond acceptors (Lipinski definition) is 3. The molecule has 6 heteroatoms. The van der Waals surface area contributed by atoms with Gasteiger partial charge in [-0.2, -0.15) is 0 Å². The average Bonchev–Trinajstić information content (AvgIpc) is 2.17. The lowest BCUT2D eigenvalue weighted by Crippen LogP contribution is -2.31. The molecule has 0 heterocycles. The van der Waals surface area contributed by atoms with Crippen LogP contribution in [0.3, 0.4) is 0 Å². The Bertz CT molecular complexity index is 209. The van der Waals surface area contributed by atoms with Crippen molar-refractivity contribution in [1.82, 2.24) is 0 Å². The van der Waals surface area contributed by atoms with E-state index in [9.17, 15) is 4.79 Å². The van der Waals surface area contributed by atoms with E-state index in [1.165, 1.54) is 0 Å². The Hall–Kier alpha value is 0.300. The van der Waals surface area contributed by atoms with Crippen molar-refractivity contribution in [3.8, 4) is 0 Å². The maximum Gasteiger partial charge on any atom is 0.342 e. The number of aliphatic hydroxyl groups excluding tert-OH is 1. The topological polar surface area (TPSA) is 46.5 Å². The number of ether oxygens (including phenoxy) is 1. The van der Waals surface area contributed by atoms with Crippen LogP contribution in [0.15, 0.2) is 0 Å². The standard InChI is InChI=1S/C10H17Cl3O3/c1-2-16-9(15)10(12,13)7-8(11)5-3-4-6-14/h8,14H,2-7H2,1H3. The van der Waals surface area contributed by atoms with Gasteiger partial charge in [0.1, 0.15) is 0 Å². The van der Waals surface area contributed by atoms with Crippen LogP contribution in [0.4, 0.5) is 0 Å². The molecule has 1 atom stereocenters. The first-order chi connectivity index (χ1) is 7.44. The molecule has 0 amide bonds. The van der Waals surface area contributed by atoms with E-state index in [1.54, 1.807) is 6.92 Å². The molecule has 0 bridgehead atoms. The lowest BCUT2D eigenvalue weighted by atomic mass is 10.1. The van der Waals surface area contributed by atoms with Crippen LogP contribution in [0.5, 0.6) is 0 Å². The molecule has 0 aliphatic heterocycles. The first-order valence-electron chi connectivity index (χ1n) is 5.24. The smallest absolute Gasteiger partial charge is 0.342 e. The van der Waals surface area contributed by atoms with Crippen molar-refractivity contribution in [3.05, 3.63) is 0 Å². The van der Waals surface area contributed by atoms with Crippen LogP contribution >= 0.6 is 34.8 Å². The zero-order chi connectivity index (χ0) is 12.6. The van der Waals surface area contributed by atoms with Gasteiger partial charge in [0.2, 0.25) is 4.33 Å². The summed E-state index contributed by atoms with van der Waals surface area (Å²) < 4.78 is 3.15. The largest absolute Gasteiger partial charge is 0.464 e. The maximum atomic E-state index is 11.3. The summed E-state index contributed by atoms with van der Waals surface area (Å²) in [6.45, 7) is 2.05. The summed E-state index contributed by atoms with van der Waals surface area (Å²) in [6.07, 6.45) is 2.25. The fraction of sp³-hybridized carbons (Fsp3) is 0.900. The van der Waals surface area contributed by atoms with Gasteiger partial charge < -0.3 is 9.84 Å². The number of hydrogen-bond donors (Lipinski definition) is 1. The SMILES string of the molecule is CCOC(=O)C(Cl)(Cl)CC(Cl)CCCCO. The molecule has 0 radical (unpaired) electrons. The van der Waals surface area contributed by atoms with E-state index in [1.807, 2.05) is 0 Å². The number of unbranched alkanes of at least 4 members (excludes halogenated alkanes) is 1. The van der Waals surface area contributed by atoms with E-state index >= 15 is 0 Å². The van der Waals surface area contributed by atoms with Gasteiger partial charge in [-0.05, 0) is 26.2 Å². The first-order valence-corrected chi connectivity index (χ1v) is 6.43. The van der Waals surface area contributed by atoms with Crippen molar-refractivity contribution in [2.75, 3.05) is 13.2 Å². The molecule has 0 saturated carbocycles. The highest BCUT2D eigenvalue weighted by Crippen LogP contribution is 2.31. The molecule has 1 unspecified atom stereocenters. The summed E-state index contributed by atoms with van der Waals surface area (Å²) in [7, 11) is 0. The molecule has 96 valence electrons. The van der Waals surface area contributed by atoms with Crippen molar-refractivity contribution in [1.29, 1.82) is 0 Å². The molecule has 0 aliphatic carbocycles. The number of rotatable bonds is 8. The molecule has 0 aliphatic rings. The summed E-state index contributed by atoms with van der Waals surface area (Å²) in [6, 6.07) is 0. The fourth-order valence-electron chi connectivity index (χ4n) is 1.18. The van der Waals surface area contributed by atoms with Gasteiger partial charge in [0.05, 0.1) is 6.61 Å². The number of esters is 1. The second-order valence-electron chi connectivity index (χ2n) is 3.45.